The zero-order valence-corrected chi connectivity index (χ0v) is 18.1. The zero-order chi connectivity index (χ0) is 21.2. The Morgan fingerprint density at radius 1 is 1.22 bits per heavy atom. The third-order valence-electron chi connectivity index (χ3n) is 3.72. The Kier molecular flexibility index (Phi) is 10.4. The molecule has 0 saturated heterocycles. The van der Waals surface area contributed by atoms with Crippen molar-refractivity contribution in [3.8, 4) is 6.07 Å². The van der Waals surface area contributed by atoms with Gasteiger partial charge in [-0.15, -0.1) is 0 Å². The second kappa shape index (κ2) is 11.4. The van der Waals surface area contributed by atoms with Gasteiger partial charge >= 0.3 is 0 Å². The number of aliphatic hydroxyl groups excluding tert-OH is 1. The molecule has 0 unspecified atom stereocenters. The number of allylic oxidation sites excluding steroid dienone is 1. The Bertz CT molecular complexity index is 663. The topological polar surface area (TPSA) is 76.4 Å². The summed E-state index contributed by atoms with van der Waals surface area (Å²) in [6, 6.07) is 9.68. The van der Waals surface area contributed by atoms with Gasteiger partial charge in [-0.05, 0) is 56.4 Å². The average Bonchev–Trinajstić information content (AvgIpc) is 2.54. The van der Waals surface area contributed by atoms with E-state index in [4.69, 9.17) is 5.11 Å². The highest BCUT2D eigenvalue weighted by Gasteiger charge is 2.23. The van der Waals surface area contributed by atoms with Crippen LogP contribution in [0.1, 0.15) is 53.5 Å². The number of benzene rings is 1. The minimum atomic E-state index is -0.566. The quantitative estimate of drug-likeness (QED) is 0.584. The smallest absolute Gasteiger partial charge is 0.262 e. The molecule has 0 atom stereocenters. The van der Waals surface area contributed by atoms with Gasteiger partial charge in [-0.1, -0.05) is 32.9 Å². The van der Waals surface area contributed by atoms with E-state index in [0.717, 1.165) is 17.2 Å². The molecule has 0 aliphatic heterocycles. The van der Waals surface area contributed by atoms with Crippen LogP contribution in [0.5, 0.6) is 0 Å². The molecule has 5 heteroatoms. The molecular weight excluding hydrogens is 338 g/mol. The van der Waals surface area contributed by atoms with Gasteiger partial charge in [0.2, 0.25) is 0 Å². The SMILES string of the molecule is C/C(=C(/C#N)C(=O)NC(C)(C)CCO)c1ccc(N(C)C)cc1.CC(C)C. The number of carbonyl (C=O) groups is 1. The van der Waals surface area contributed by atoms with Crippen molar-refractivity contribution in [2.75, 3.05) is 25.6 Å². The van der Waals surface area contributed by atoms with Crippen LogP contribution in [-0.2, 0) is 4.79 Å². The largest absolute Gasteiger partial charge is 0.396 e. The van der Waals surface area contributed by atoms with E-state index < -0.39 is 11.4 Å². The summed E-state index contributed by atoms with van der Waals surface area (Å²) in [6.07, 6.45) is 0.425. The van der Waals surface area contributed by atoms with Gasteiger partial charge in [0, 0.05) is 31.9 Å². The first-order valence-corrected chi connectivity index (χ1v) is 9.27. The standard InChI is InChI=1S/C18H25N3O2.C4H10/c1-13(14-6-8-15(9-7-14)21(4)5)16(12-19)17(23)20-18(2,3)10-11-22;1-4(2)3/h6-9,22H,10-11H2,1-5H3,(H,20,23);4H,1-3H3/b16-13+;. The number of aliphatic hydroxyl groups is 1. The third-order valence-corrected chi connectivity index (χ3v) is 3.72. The molecule has 5 nitrogen and oxygen atoms in total. The van der Waals surface area contributed by atoms with Gasteiger partial charge in [-0.2, -0.15) is 5.26 Å². The number of hydrogen-bond acceptors (Lipinski definition) is 4. The summed E-state index contributed by atoms with van der Waals surface area (Å²) in [4.78, 5) is 14.4. The van der Waals surface area contributed by atoms with E-state index in [0.29, 0.717) is 12.0 Å². The van der Waals surface area contributed by atoms with Gasteiger partial charge in [-0.3, -0.25) is 4.79 Å². The fourth-order valence-electron chi connectivity index (χ4n) is 2.17. The van der Waals surface area contributed by atoms with E-state index in [2.05, 4.69) is 26.1 Å². The lowest BCUT2D eigenvalue weighted by Gasteiger charge is -2.25. The fourth-order valence-corrected chi connectivity index (χ4v) is 2.17. The molecule has 0 aliphatic carbocycles. The Hall–Kier alpha value is -2.32. The summed E-state index contributed by atoms with van der Waals surface area (Å²) < 4.78 is 0. The van der Waals surface area contributed by atoms with Crippen LogP contribution in [0.15, 0.2) is 29.8 Å². The molecule has 1 rings (SSSR count). The Labute approximate surface area is 164 Å². The zero-order valence-electron chi connectivity index (χ0n) is 18.1. The number of rotatable bonds is 6. The second-order valence-electron chi connectivity index (χ2n) is 8.10. The lowest BCUT2D eigenvalue weighted by molar-refractivity contribution is -0.118. The predicted molar refractivity (Wildman–Crippen MR) is 113 cm³/mol. The summed E-state index contributed by atoms with van der Waals surface area (Å²) in [6.45, 7) is 11.9. The van der Waals surface area contributed by atoms with E-state index in [9.17, 15) is 10.1 Å². The number of anilines is 1. The molecule has 0 aliphatic rings. The van der Waals surface area contributed by atoms with Crippen LogP contribution in [0.25, 0.3) is 5.57 Å². The maximum atomic E-state index is 12.4. The lowest BCUT2D eigenvalue weighted by Crippen LogP contribution is -2.44. The first-order valence-electron chi connectivity index (χ1n) is 9.27. The minimum absolute atomic E-state index is 0.0239. The predicted octanol–water partition coefficient (Wildman–Crippen LogP) is 3.99. The molecule has 27 heavy (non-hydrogen) atoms. The molecule has 2 N–H and O–H groups in total. The Morgan fingerprint density at radius 2 is 1.70 bits per heavy atom. The van der Waals surface area contributed by atoms with E-state index in [1.165, 1.54) is 0 Å². The van der Waals surface area contributed by atoms with Gasteiger partial charge in [0.1, 0.15) is 11.6 Å². The van der Waals surface area contributed by atoms with Gasteiger partial charge in [0.25, 0.3) is 5.91 Å². The van der Waals surface area contributed by atoms with Crippen molar-refractivity contribution in [3.63, 3.8) is 0 Å². The molecule has 0 radical (unpaired) electrons. The molecule has 150 valence electrons. The van der Waals surface area contributed by atoms with Gasteiger partial charge in [0.15, 0.2) is 0 Å². The van der Waals surface area contributed by atoms with Crippen LogP contribution >= 0.6 is 0 Å². The number of nitrogens with one attached hydrogen (secondary N) is 1. The highest BCUT2D eigenvalue weighted by atomic mass is 16.3. The fraction of sp³-hybridized carbons (Fsp3) is 0.545. The molecular formula is C22H35N3O2. The maximum absolute atomic E-state index is 12.4. The highest BCUT2D eigenvalue weighted by molar-refractivity contribution is 6.04. The molecule has 1 amide bonds. The molecule has 0 bridgehead atoms. The molecule has 0 saturated carbocycles. The number of carbonyl (C=O) groups excluding carboxylic acids is 1. The highest BCUT2D eigenvalue weighted by Crippen LogP contribution is 2.22. The molecule has 0 spiro atoms. The van der Waals surface area contributed by atoms with Crippen molar-refractivity contribution in [2.24, 2.45) is 5.92 Å². The van der Waals surface area contributed by atoms with E-state index in [-0.39, 0.29) is 12.2 Å². The molecule has 0 fully saturated rings. The average molecular weight is 374 g/mol. The van der Waals surface area contributed by atoms with Crippen molar-refractivity contribution in [1.29, 1.82) is 5.26 Å². The number of amides is 1. The van der Waals surface area contributed by atoms with Gasteiger partial charge in [-0.25, -0.2) is 0 Å². The Balaban J connectivity index is 0.00000153. The van der Waals surface area contributed by atoms with Crippen LogP contribution in [0, 0.1) is 17.2 Å². The third kappa shape index (κ3) is 9.25. The summed E-state index contributed by atoms with van der Waals surface area (Å²) in [7, 11) is 3.91. The summed E-state index contributed by atoms with van der Waals surface area (Å²) in [5.41, 5.74) is 2.04. The summed E-state index contributed by atoms with van der Waals surface area (Å²) in [5, 5.41) is 21.2. The van der Waals surface area contributed by atoms with Crippen LogP contribution < -0.4 is 10.2 Å². The number of nitriles is 1. The Morgan fingerprint density at radius 3 is 2.07 bits per heavy atom. The molecule has 0 heterocycles. The van der Waals surface area contributed by atoms with Crippen LogP contribution in [0.2, 0.25) is 0 Å². The number of hydrogen-bond donors (Lipinski definition) is 2. The van der Waals surface area contributed by atoms with Crippen molar-refractivity contribution in [3.05, 3.63) is 35.4 Å². The van der Waals surface area contributed by atoms with Crippen LogP contribution in [0.4, 0.5) is 5.69 Å². The number of nitrogens with zero attached hydrogens (tertiary/aromatic N) is 2. The minimum Gasteiger partial charge on any atom is -0.396 e. The lowest BCUT2D eigenvalue weighted by atomic mass is 9.98. The summed E-state index contributed by atoms with van der Waals surface area (Å²) in [5.74, 6) is 0.417. The van der Waals surface area contributed by atoms with Crippen molar-refractivity contribution >= 4 is 17.2 Å². The van der Waals surface area contributed by atoms with Crippen LogP contribution in [-0.4, -0.2) is 37.3 Å². The molecule has 1 aromatic rings. The first-order chi connectivity index (χ1) is 12.4. The van der Waals surface area contributed by atoms with Crippen LogP contribution in [0.3, 0.4) is 0 Å². The van der Waals surface area contributed by atoms with Crippen molar-refractivity contribution in [2.45, 2.75) is 53.5 Å². The molecule has 1 aromatic carbocycles. The van der Waals surface area contributed by atoms with E-state index in [1.54, 1.807) is 6.92 Å². The second-order valence-corrected chi connectivity index (χ2v) is 8.10. The maximum Gasteiger partial charge on any atom is 0.262 e. The van der Waals surface area contributed by atoms with E-state index >= 15 is 0 Å². The monoisotopic (exact) mass is 373 g/mol. The van der Waals surface area contributed by atoms with Gasteiger partial charge < -0.3 is 15.3 Å². The molecule has 0 aromatic heterocycles. The van der Waals surface area contributed by atoms with Gasteiger partial charge in [0.05, 0.1) is 0 Å². The van der Waals surface area contributed by atoms with Crippen molar-refractivity contribution in [1.82, 2.24) is 5.32 Å². The normalized spacial score (nSPS) is 11.7. The summed E-state index contributed by atoms with van der Waals surface area (Å²) >= 11 is 0. The first kappa shape index (κ1) is 24.7. The van der Waals surface area contributed by atoms with Crippen molar-refractivity contribution < 1.29 is 9.90 Å². The van der Waals surface area contributed by atoms with E-state index in [1.807, 2.05) is 63.2 Å².